The summed E-state index contributed by atoms with van der Waals surface area (Å²) in [6.07, 6.45) is 8.63. The van der Waals surface area contributed by atoms with Gasteiger partial charge in [-0.05, 0) is 50.2 Å². The second-order valence-corrected chi connectivity index (χ2v) is 5.83. The van der Waals surface area contributed by atoms with E-state index in [4.69, 9.17) is 0 Å². The first-order valence-corrected chi connectivity index (χ1v) is 6.96. The molecule has 0 aromatic carbocycles. The molecule has 92 valence electrons. The predicted octanol–water partition coefficient (Wildman–Crippen LogP) is 3.55. The summed E-state index contributed by atoms with van der Waals surface area (Å²) in [7, 11) is 0. The quantitative estimate of drug-likeness (QED) is 0.733. The van der Waals surface area contributed by atoms with E-state index in [9.17, 15) is 0 Å². The van der Waals surface area contributed by atoms with Gasteiger partial charge in [-0.2, -0.15) is 0 Å². The third-order valence-electron chi connectivity index (χ3n) is 4.69. The third kappa shape index (κ3) is 2.18. The number of hydrogen-bond acceptors (Lipinski definition) is 2. The van der Waals surface area contributed by atoms with E-state index in [1.807, 2.05) is 0 Å². The second-order valence-electron chi connectivity index (χ2n) is 5.83. The number of piperidine rings is 1. The molecule has 0 bridgehead atoms. The van der Waals surface area contributed by atoms with E-state index in [1.165, 1.54) is 57.4 Å². The number of rotatable bonds is 1. The summed E-state index contributed by atoms with van der Waals surface area (Å²) in [6.45, 7) is 4.48. The predicted molar refractivity (Wildman–Crippen MR) is 71.3 cm³/mol. The van der Waals surface area contributed by atoms with Gasteiger partial charge in [0.1, 0.15) is 5.82 Å². The Bertz CT molecular complexity index is 384. The minimum Gasteiger partial charge on any atom is -0.357 e. The largest absolute Gasteiger partial charge is 0.357 e. The number of aromatic nitrogens is 1. The van der Waals surface area contributed by atoms with Crippen molar-refractivity contribution in [2.45, 2.75) is 45.4 Å². The average Bonchev–Trinajstić information content (AvgIpc) is 2.79. The molecule has 1 spiro atoms. The van der Waals surface area contributed by atoms with Gasteiger partial charge in [-0.25, -0.2) is 4.98 Å². The minimum atomic E-state index is 0.709. The third-order valence-corrected chi connectivity index (χ3v) is 4.69. The van der Waals surface area contributed by atoms with Crippen LogP contribution in [-0.4, -0.2) is 18.1 Å². The highest BCUT2D eigenvalue weighted by atomic mass is 15.2. The fourth-order valence-electron chi connectivity index (χ4n) is 3.54. The molecule has 0 amide bonds. The first-order valence-electron chi connectivity index (χ1n) is 6.96. The van der Waals surface area contributed by atoms with Crippen molar-refractivity contribution >= 4 is 5.82 Å². The number of pyridine rings is 1. The second kappa shape index (κ2) is 4.32. The number of hydrogen-bond donors (Lipinski definition) is 0. The summed E-state index contributed by atoms with van der Waals surface area (Å²) in [4.78, 5) is 7.11. The van der Waals surface area contributed by atoms with E-state index < -0.39 is 0 Å². The van der Waals surface area contributed by atoms with Crippen LogP contribution in [-0.2, 0) is 0 Å². The highest BCUT2D eigenvalue weighted by Gasteiger charge is 2.37. The standard InChI is InChI=1S/C15H22N2/c1-13-5-4-6-14(16-13)17-11-9-15(10-12-17)7-2-3-8-15/h4-6H,2-3,7-12H2,1H3. The highest BCUT2D eigenvalue weighted by Crippen LogP contribution is 2.46. The zero-order chi connectivity index (χ0) is 11.7. The van der Waals surface area contributed by atoms with Crippen LogP contribution in [0.3, 0.4) is 0 Å². The van der Waals surface area contributed by atoms with Crippen LogP contribution in [0.2, 0.25) is 0 Å². The Morgan fingerprint density at radius 1 is 1.06 bits per heavy atom. The van der Waals surface area contributed by atoms with Gasteiger partial charge in [0.2, 0.25) is 0 Å². The summed E-state index contributed by atoms with van der Waals surface area (Å²) in [5.41, 5.74) is 1.84. The molecule has 0 atom stereocenters. The summed E-state index contributed by atoms with van der Waals surface area (Å²) < 4.78 is 0. The van der Waals surface area contributed by atoms with Gasteiger partial charge in [0.05, 0.1) is 0 Å². The maximum absolute atomic E-state index is 4.64. The molecule has 0 unspecified atom stereocenters. The molecule has 0 radical (unpaired) electrons. The van der Waals surface area contributed by atoms with Crippen LogP contribution in [0.1, 0.15) is 44.2 Å². The number of anilines is 1. The van der Waals surface area contributed by atoms with Gasteiger partial charge in [0.15, 0.2) is 0 Å². The van der Waals surface area contributed by atoms with Gasteiger partial charge in [0.25, 0.3) is 0 Å². The zero-order valence-corrected chi connectivity index (χ0v) is 10.8. The van der Waals surface area contributed by atoms with Crippen molar-refractivity contribution in [3.8, 4) is 0 Å². The average molecular weight is 230 g/mol. The Morgan fingerprint density at radius 3 is 2.41 bits per heavy atom. The molecule has 1 aromatic rings. The van der Waals surface area contributed by atoms with Crippen LogP contribution in [0.4, 0.5) is 5.82 Å². The van der Waals surface area contributed by atoms with Crippen molar-refractivity contribution < 1.29 is 0 Å². The molecule has 1 aliphatic carbocycles. The molecular formula is C15H22N2. The molecule has 1 saturated heterocycles. The van der Waals surface area contributed by atoms with E-state index in [-0.39, 0.29) is 0 Å². The van der Waals surface area contributed by atoms with Crippen LogP contribution >= 0.6 is 0 Å². The molecule has 2 fully saturated rings. The van der Waals surface area contributed by atoms with Crippen LogP contribution in [0.25, 0.3) is 0 Å². The lowest BCUT2D eigenvalue weighted by atomic mass is 9.77. The minimum absolute atomic E-state index is 0.709. The molecule has 2 heterocycles. The molecule has 1 aliphatic heterocycles. The zero-order valence-electron chi connectivity index (χ0n) is 10.8. The van der Waals surface area contributed by atoms with Crippen molar-refractivity contribution in [3.63, 3.8) is 0 Å². The van der Waals surface area contributed by atoms with Crippen LogP contribution in [0, 0.1) is 12.3 Å². The molecule has 2 nitrogen and oxygen atoms in total. The van der Waals surface area contributed by atoms with Crippen molar-refractivity contribution in [3.05, 3.63) is 23.9 Å². The van der Waals surface area contributed by atoms with Crippen LogP contribution < -0.4 is 4.90 Å². The summed E-state index contributed by atoms with van der Waals surface area (Å²) in [6, 6.07) is 6.35. The normalized spacial score (nSPS) is 23.2. The van der Waals surface area contributed by atoms with Gasteiger partial charge >= 0.3 is 0 Å². The van der Waals surface area contributed by atoms with Gasteiger partial charge in [-0.3, -0.25) is 0 Å². The fraction of sp³-hybridized carbons (Fsp3) is 0.667. The Morgan fingerprint density at radius 2 is 1.76 bits per heavy atom. The molecule has 0 N–H and O–H groups in total. The summed E-state index contributed by atoms with van der Waals surface area (Å²) in [5.74, 6) is 1.18. The topological polar surface area (TPSA) is 16.1 Å². The van der Waals surface area contributed by atoms with Crippen molar-refractivity contribution in [2.24, 2.45) is 5.41 Å². The first kappa shape index (κ1) is 11.1. The molecular weight excluding hydrogens is 208 g/mol. The molecule has 2 aliphatic rings. The lowest BCUT2D eigenvalue weighted by molar-refractivity contribution is 0.226. The SMILES string of the molecule is Cc1cccc(N2CCC3(CCCC3)CC2)n1. The molecule has 2 heteroatoms. The Balaban J connectivity index is 1.68. The summed E-state index contributed by atoms with van der Waals surface area (Å²) >= 11 is 0. The van der Waals surface area contributed by atoms with Crippen LogP contribution in [0.5, 0.6) is 0 Å². The maximum atomic E-state index is 4.64. The van der Waals surface area contributed by atoms with E-state index in [0.29, 0.717) is 5.41 Å². The molecule has 17 heavy (non-hydrogen) atoms. The lowest BCUT2D eigenvalue weighted by Gasteiger charge is -2.40. The Kier molecular flexibility index (Phi) is 2.81. The maximum Gasteiger partial charge on any atom is 0.128 e. The van der Waals surface area contributed by atoms with E-state index >= 15 is 0 Å². The molecule has 1 aromatic heterocycles. The van der Waals surface area contributed by atoms with Gasteiger partial charge in [-0.15, -0.1) is 0 Å². The van der Waals surface area contributed by atoms with E-state index in [2.05, 4.69) is 35.0 Å². The van der Waals surface area contributed by atoms with Crippen LogP contribution in [0.15, 0.2) is 18.2 Å². The number of aryl methyl sites for hydroxylation is 1. The highest BCUT2D eigenvalue weighted by molar-refractivity contribution is 5.39. The van der Waals surface area contributed by atoms with E-state index in [1.54, 1.807) is 0 Å². The molecule has 1 saturated carbocycles. The van der Waals surface area contributed by atoms with Gasteiger partial charge < -0.3 is 4.90 Å². The first-order chi connectivity index (χ1) is 8.27. The fourth-order valence-corrected chi connectivity index (χ4v) is 3.54. The monoisotopic (exact) mass is 230 g/mol. The van der Waals surface area contributed by atoms with E-state index in [0.717, 1.165) is 5.69 Å². The summed E-state index contributed by atoms with van der Waals surface area (Å²) in [5, 5.41) is 0. The van der Waals surface area contributed by atoms with Crippen molar-refractivity contribution in [1.29, 1.82) is 0 Å². The van der Waals surface area contributed by atoms with Gasteiger partial charge in [0, 0.05) is 18.8 Å². The van der Waals surface area contributed by atoms with Crippen molar-refractivity contribution in [2.75, 3.05) is 18.0 Å². The Hall–Kier alpha value is -1.05. The Labute approximate surface area is 104 Å². The molecule has 3 rings (SSSR count). The van der Waals surface area contributed by atoms with Crippen molar-refractivity contribution in [1.82, 2.24) is 4.98 Å². The van der Waals surface area contributed by atoms with Gasteiger partial charge in [-0.1, -0.05) is 18.9 Å². The lowest BCUT2D eigenvalue weighted by Crippen LogP contribution is -2.39. The smallest absolute Gasteiger partial charge is 0.128 e. The number of nitrogens with zero attached hydrogens (tertiary/aromatic N) is 2.